The van der Waals surface area contributed by atoms with Crippen LogP contribution >= 0.6 is 11.6 Å². The number of hydrogen-bond acceptors (Lipinski definition) is 5. The molecule has 0 spiro atoms. The number of anilines is 3. The third-order valence-electron chi connectivity index (χ3n) is 4.08. The summed E-state index contributed by atoms with van der Waals surface area (Å²) in [6.45, 7) is 0. The molecule has 0 saturated heterocycles. The Morgan fingerprint density at radius 1 is 0.964 bits per heavy atom. The van der Waals surface area contributed by atoms with Crippen molar-refractivity contribution < 1.29 is 14.8 Å². The summed E-state index contributed by atoms with van der Waals surface area (Å²) in [4.78, 5) is 27.1. The molecule has 0 fully saturated rings. The molecule has 0 aliphatic heterocycles. The van der Waals surface area contributed by atoms with Crippen LogP contribution in [0.2, 0.25) is 5.02 Å². The van der Waals surface area contributed by atoms with Crippen LogP contribution in [0.15, 0.2) is 54.7 Å². The molecular formula is C20H19ClN4O3. The second-order valence-corrected chi connectivity index (χ2v) is 6.60. The standard InChI is InChI=1S/C20H19ClN4O3/c21-13-4-9-16-17(10-11-22-18(16)12-13)23-14-5-7-15(8-6-14)24-19(26)2-1-3-20(27)25-28/h4-12,28H,1-3H2,(H,22,23)(H,24,26)(H,25,27). The Labute approximate surface area is 166 Å². The zero-order chi connectivity index (χ0) is 19.9. The molecule has 0 saturated carbocycles. The number of benzene rings is 2. The van der Waals surface area contributed by atoms with Gasteiger partial charge in [0.05, 0.1) is 5.52 Å². The van der Waals surface area contributed by atoms with E-state index in [1.807, 2.05) is 36.4 Å². The van der Waals surface area contributed by atoms with E-state index in [0.29, 0.717) is 17.1 Å². The number of aromatic nitrogens is 1. The van der Waals surface area contributed by atoms with Gasteiger partial charge in [0.25, 0.3) is 0 Å². The Kier molecular flexibility index (Phi) is 6.41. The molecule has 2 aromatic carbocycles. The average molecular weight is 399 g/mol. The van der Waals surface area contributed by atoms with Gasteiger partial charge in [-0.3, -0.25) is 19.8 Å². The van der Waals surface area contributed by atoms with E-state index >= 15 is 0 Å². The topological polar surface area (TPSA) is 103 Å². The van der Waals surface area contributed by atoms with Gasteiger partial charge in [-0.1, -0.05) is 11.6 Å². The van der Waals surface area contributed by atoms with Crippen LogP contribution in [0.1, 0.15) is 19.3 Å². The van der Waals surface area contributed by atoms with E-state index in [4.69, 9.17) is 16.8 Å². The van der Waals surface area contributed by atoms with Crippen molar-refractivity contribution in [3.63, 3.8) is 0 Å². The lowest BCUT2D eigenvalue weighted by molar-refractivity contribution is -0.129. The van der Waals surface area contributed by atoms with E-state index in [0.717, 1.165) is 22.3 Å². The van der Waals surface area contributed by atoms with Crippen molar-refractivity contribution in [2.45, 2.75) is 19.3 Å². The number of carbonyl (C=O) groups excluding carboxylic acids is 2. The minimum atomic E-state index is -0.505. The first-order valence-corrected chi connectivity index (χ1v) is 9.07. The van der Waals surface area contributed by atoms with Gasteiger partial charge in [0.2, 0.25) is 11.8 Å². The predicted octanol–water partition coefficient (Wildman–Crippen LogP) is 4.25. The smallest absolute Gasteiger partial charge is 0.243 e. The van der Waals surface area contributed by atoms with Crippen molar-refractivity contribution >= 4 is 51.4 Å². The lowest BCUT2D eigenvalue weighted by atomic mass is 10.1. The lowest BCUT2D eigenvalue weighted by Gasteiger charge is -2.11. The summed E-state index contributed by atoms with van der Waals surface area (Å²) in [5, 5.41) is 16.1. The molecule has 0 radical (unpaired) electrons. The molecule has 2 amide bonds. The van der Waals surface area contributed by atoms with Crippen molar-refractivity contribution in [2.75, 3.05) is 10.6 Å². The van der Waals surface area contributed by atoms with Crippen LogP contribution < -0.4 is 16.1 Å². The zero-order valence-electron chi connectivity index (χ0n) is 14.9. The second kappa shape index (κ2) is 9.16. The SMILES string of the molecule is O=C(CCCC(=O)Nc1ccc(Nc2ccnc3cc(Cl)ccc23)cc1)NO. The van der Waals surface area contributed by atoms with Crippen LogP contribution in [0.3, 0.4) is 0 Å². The molecule has 0 bridgehead atoms. The van der Waals surface area contributed by atoms with E-state index in [-0.39, 0.29) is 18.7 Å². The van der Waals surface area contributed by atoms with Gasteiger partial charge in [-0.2, -0.15) is 0 Å². The molecular weight excluding hydrogens is 380 g/mol. The molecule has 0 aliphatic rings. The van der Waals surface area contributed by atoms with Crippen LogP contribution in [0.5, 0.6) is 0 Å². The van der Waals surface area contributed by atoms with Crippen molar-refractivity contribution in [1.82, 2.24) is 10.5 Å². The quantitative estimate of drug-likeness (QED) is 0.352. The minimum Gasteiger partial charge on any atom is -0.355 e. The van der Waals surface area contributed by atoms with Crippen molar-refractivity contribution in [3.8, 4) is 0 Å². The van der Waals surface area contributed by atoms with Crippen LogP contribution in [0.4, 0.5) is 17.1 Å². The van der Waals surface area contributed by atoms with Gasteiger partial charge in [0, 0.05) is 46.5 Å². The van der Waals surface area contributed by atoms with Gasteiger partial charge in [-0.25, -0.2) is 5.48 Å². The highest BCUT2D eigenvalue weighted by molar-refractivity contribution is 6.31. The molecule has 1 heterocycles. The van der Waals surface area contributed by atoms with Crippen LogP contribution in [-0.2, 0) is 9.59 Å². The number of fused-ring (bicyclic) bond motifs is 1. The van der Waals surface area contributed by atoms with E-state index in [1.54, 1.807) is 23.8 Å². The fourth-order valence-corrected chi connectivity index (χ4v) is 2.88. The molecule has 7 nitrogen and oxygen atoms in total. The number of nitrogens with zero attached hydrogens (tertiary/aromatic N) is 1. The summed E-state index contributed by atoms with van der Waals surface area (Å²) in [6, 6.07) is 14.7. The van der Waals surface area contributed by atoms with E-state index in [1.165, 1.54) is 0 Å². The van der Waals surface area contributed by atoms with E-state index < -0.39 is 5.91 Å². The third-order valence-corrected chi connectivity index (χ3v) is 4.32. The van der Waals surface area contributed by atoms with Crippen molar-refractivity contribution in [3.05, 3.63) is 59.8 Å². The van der Waals surface area contributed by atoms with Crippen molar-refractivity contribution in [1.29, 1.82) is 0 Å². The van der Waals surface area contributed by atoms with E-state index in [9.17, 15) is 9.59 Å². The Balaban J connectivity index is 1.61. The summed E-state index contributed by atoms with van der Waals surface area (Å²) in [5.41, 5.74) is 4.77. The number of hydroxylamine groups is 1. The summed E-state index contributed by atoms with van der Waals surface area (Å²) >= 11 is 6.02. The molecule has 3 aromatic rings. The molecule has 3 rings (SSSR count). The average Bonchev–Trinajstić information content (AvgIpc) is 2.69. The molecule has 8 heteroatoms. The van der Waals surface area contributed by atoms with Gasteiger partial charge in [-0.05, 0) is 55.0 Å². The Bertz CT molecular complexity index is 992. The lowest BCUT2D eigenvalue weighted by Crippen LogP contribution is -2.19. The Hall–Kier alpha value is -3.16. The second-order valence-electron chi connectivity index (χ2n) is 6.16. The highest BCUT2D eigenvalue weighted by atomic mass is 35.5. The molecule has 0 aliphatic carbocycles. The van der Waals surface area contributed by atoms with Gasteiger partial charge in [0.1, 0.15) is 0 Å². The van der Waals surface area contributed by atoms with Crippen LogP contribution in [-0.4, -0.2) is 22.0 Å². The molecule has 144 valence electrons. The monoisotopic (exact) mass is 398 g/mol. The first-order chi connectivity index (χ1) is 13.5. The predicted molar refractivity (Wildman–Crippen MR) is 109 cm³/mol. The molecule has 0 atom stereocenters. The Morgan fingerprint density at radius 2 is 1.68 bits per heavy atom. The maximum absolute atomic E-state index is 11.9. The largest absolute Gasteiger partial charge is 0.355 e. The minimum absolute atomic E-state index is 0.0951. The van der Waals surface area contributed by atoms with Gasteiger partial charge >= 0.3 is 0 Å². The fourth-order valence-electron chi connectivity index (χ4n) is 2.71. The number of amides is 2. The normalized spacial score (nSPS) is 10.5. The Morgan fingerprint density at radius 3 is 2.43 bits per heavy atom. The fraction of sp³-hybridized carbons (Fsp3) is 0.150. The van der Waals surface area contributed by atoms with Crippen molar-refractivity contribution in [2.24, 2.45) is 0 Å². The summed E-state index contributed by atoms with van der Waals surface area (Å²) in [6.07, 6.45) is 2.36. The summed E-state index contributed by atoms with van der Waals surface area (Å²) in [5.74, 6) is -0.697. The van der Waals surface area contributed by atoms with Crippen LogP contribution in [0, 0.1) is 0 Å². The van der Waals surface area contributed by atoms with Gasteiger partial charge in [-0.15, -0.1) is 0 Å². The number of halogens is 1. The summed E-state index contributed by atoms with van der Waals surface area (Å²) < 4.78 is 0. The highest BCUT2D eigenvalue weighted by Gasteiger charge is 2.06. The molecule has 28 heavy (non-hydrogen) atoms. The number of nitrogens with one attached hydrogen (secondary N) is 3. The van der Waals surface area contributed by atoms with E-state index in [2.05, 4.69) is 15.6 Å². The van der Waals surface area contributed by atoms with Crippen LogP contribution in [0.25, 0.3) is 10.9 Å². The number of rotatable bonds is 7. The number of pyridine rings is 1. The highest BCUT2D eigenvalue weighted by Crippen LogP contribution is 2.27. The molecule has 0 unspecified atom stereocenters. The zero-order valence-corrected chi connectivity index (χ0v) is 15.7. The van der Waals surface area contributed by atoms with Gasteiger partial charge in [0.15, 0.2) is 0 Å². The molecule has 4 N–H and O–H groups in total. The molecule has 1 aromatic heterocycles. The third kappa shape index (κ3) is 5.18. The maximum Gasteiger partial charge on any atom is 0.243 e. The first-order valence-electron chi connectivity index (χ1n) is 8.69. The number of carbonyl (C=O) groups is 2. The van der Waals surface area contributed by atoms with Gasteiger partial charge < -0.3 is 10.6 Å². The number of hydrogen-bond donors (Lipinski definition) is 4. The first kappa shape index (κ1) is 19.6. The summed E-state index contributed by atoms with van der Waals surface area (Å²) in [7, 11) is 0. The maximum atomic E-state index is 11.9.